The summed E-state index contributed by atoms with van der Waals surface area (Å²) in [6.07, 6.45) is 9.41. The summed E-state index contributed by atoms with van der Waals surface area (Å²) in [5, 5.41) is 0. The third-order valence-electron chi connectivity index (χ3n) is 7.14. The largest absolute Gasteiger partial charge is 0.378 e. The number of nitrogens with zero attached hydrogens (tertiary/aromatic N) is 2. The van der Waals surface area contributed by atoms with Gasteiger partial charge in [0.1, 0.15) is 5.82 Å². The standard InChI is InChI=1S/C26H37N3O3S/c1-3-20-10-7-16-27-26(20)29-17-15-25(28-33(2,30)31)23(18-29)19-32-24-13-11-22(12-14-24)21-8-5-4-6-9-21/h4-10,16,22-25,28H,3,11-15,17-19H2,1-2H3. The highest BCUT2D eigenvalue weighted by molar-refractivity contribution is 7.88. The first kappa shape index (κ1) is 24.2. The Labute approximate surface area is 198 Å². The molecule has 1 aliphatic heterocycles. The lowest BCUT2D eigenvalue weighted by Crippen LogP contribution is -2.53. The minimum atomic E-state index is -3.27. The summed E-state index contributed by atoms with van der Waals surface area (Å²) < 4.78 is 33.3. The Morgan fingerprint density at radius 2 is 1.82 bits per heavy atom. The Morgan fingerprint density at radius 1 is 1.06 bits per heavy atom. The highest BCUT2D eigenvalue weighted by Gasteiger charge is 2.33. The van der Waals surface area contributed by atoms with E-state index in [1.165, 1.54) is 17.4 Å². The first-order chi connectivity index (χ1) is 15.9. The van der Waals surface area contributed by atoms with Gasteiger partial charge in [0.05, 0.1) is 19.0 Å². The van der Waals surface area contributed by atoms with E-state index in [0.717, 1.165) is 57.4 Å². The van der Waals surface area contributed by atoms with Gasteiger partial charge in [0, 0.05) is 31.2 Å². The van der Waals surface area contributed by atoms with Gasteiger partial charge in [-0.1, -0.05) is 43.3 Å². The maximum atomic E-state index is 12.0. The lowest BCUT2D eigenvalue weighted by Gasteiger charge is -2.40. The number of piperidine rings is 1. The van der Waals surface area contributed by atoms with Crippen LogP contribution in [-0.4, -0.2) is 51.5 Å². The summed E-state index contributed by atoms with van der Waals surface area (Å²) in [5.74, 6) is 1.73. The van der Waals surface area contributed by atoms with Crippen LogP contribution < -0.4 is 9.62 Å². The molecule has 1 aromatic heterocycles. The minimum Gasteiger partial charge on any atom is -0.378 e. The molecule has 1 saturated heterocycles. The average molecular weight is 472 g/mol. The molecule has 1 saturated carbocycles. The van der Waals surface area contributed by atoms with Gasteiger partial charge in [0.15, 0.2) is 0 Å². The van der Waals surface area contributed by atoms with E-state index in [0.29, 0.717) is 12.5 Å². The van der Waals surface area contributed by atoms with E-state index in [2.05, 4.69) is 57.9 Å². The summed E-state index contributed by atoms with van der Waals surface area (Å²) >= 11 is 0. The molecule has 2 heterocycles. The van der Waals surface area contributed by atoms with Crippen LogP contribution in [0.5, 0.6) is 0 Å². The smallest absolute Gasteiger partial charge is 0.208 e. The second-order valence-corrected chi connectivity index (χ2v) is 11.3. The number of benzene rings is 1. The summed E-state index contributed by atoms with van der Waals surface area (Å²) in [6.45, 7) is 4.25. The molecule has 1 N–H and O–H groups in total. The third kappa shape index (κ3) is 6.55. The quantitative estimate of drug-likeness (QED) is 0.627. The molecule has 180 valence electrons. The van der Waals surface area contributed by atoms with Crippen molar-refractivity contribution < 1.29 is 13.2 Å². The van der Waals surface area contributed by atoms with Crippen LogP contribution in [0, 0.1) is 5.92 Å². The number of sulfonamides is 1. The topological polar surface area (TPSA) is 71.5 Å². The SMILES string of the molecule is CCc1cccnc1N1CCC(NS(C)(=O)=O)C(COC2CCC(c3ccccc3)CC2)C1. The molecule has 1 aliphatic carbocycles. The predicted octanol–water partition coefficient (Wildman–Crippen LogP) is 4.13. The van der Waals surface area contributed by atoms with Gasteiger partial charge < -0.3 is 9.64 Å². The van der Waals surface area contributed by atoms with E-state index < -0.39 is 10.0 Å². The van der Waals surface area contributed by atoms with E-state index in [1.807, 2.05) is 12.3 Å². The molecule has 0 spiro atoms. The Kier molecular flexibility index (Phi) is 8.04. The number of nitrogens with one attached hydrogen (secondary N) is 1. The molecule has 1 aromatic carbocycles. The Balaban J connectivity index is 1.38. The second kappa shape index (κ2) is 11.0. The molecule has 2 fully saturated rings. The van der Waals surface area contributed by atoms with E-state index in [9.17, 15) is 8.42 Å². The minimum absolute atomic E-state index is 0.0898. The van der Waals surface area contributed by atoms with Gasteiger partial charge in [-0.3, -0.25) is 0 Å². The lowest BCUT2D eigenvalue weighted by atomic mass is 9.82. The van der Waals surface area contributed by atoms with Crippen molar-refractivity contribution in [1.29, 1.82) is 0 Å². The van der Waals surface area contributed by atoms with Crippen molar-refractivity contribution in [1.82, 2.24) is 9.71 Å². The molecule has 0 bridgehead atoms. The van der Waals surface area contributed by atoms with Gasteiger partial charge in [0.2, 0.25) is 10.0 Å². The van der Waals surface area contributed by atoms with Crippen LogP contribution in [0.15, 0.2) is 48.7 Å². The number of aryl methyl sites for hydroxylation is 1. The van der Waals surface area contributed by atoms with Gasteiger partial charge in [-0.2, -0.15) is 0 Å². The summed E-state index contributed by atoms with van der Waals surface area (Å²) in [7, 11) is -3.27. The van der Waals surface area contributed by atoms with Crippen LogP contribution >= 0.6 is 0 Å². The highest BCUT2D eigenvalue weighted by atomic mass is 32.2. The van der Waals surface area contributed by atoms with E-state index >= 15 is 0 Å². The molecule has 2 aliphatic rings. The van der Waals surface area contributed by atoms with E-state index in [-0.39, 0.29) is 18.1 Å². The van der Waals surface area contributed by atoms with Crippen molar-refractivity contribution in [2.24, 2.45) is 5.92 Å². The molecule has 6 nitrogen and oxygen atoms in total. The summed E-state index contributed by atoms with van der Waals surface area (Å²) in [5.41, 5.74) is 2.66. The van der Waals surface area contributed by atoms with Crippen molar-refractivity contribution >= 4 is 15.8 Å². The van der Waals surface area contributed by atoms with E-state index in [1.54, 1.807) is 0 Å². The average Bonchev–Trinajstić information content (AvgIpc) is 2.83. The van der Waals surface area contributed by atoms with Crippen LogP contribution in [-0.2, 0) is 21.2 Å². The fourth-order valence-electron chi connectivity index (χ4n) is 5.36. The first-order valence-corrected chi connectivity index (χ1v) is 14.1. The molecule has 7 heteroatoms. The second-order valence-electron chi connectivity index (χ2n) is 9.55. The predicted molar refractivity (Wildman–Crippen MR) is 133 cm³/mol. The van der Waals surface area contributed by atoms with Crippen molar-refractivity contribution in [3.63, 3.8) is 0 Å². The van der Waals surface area contributed by atoms with Crippen molar-refractivity contribution in [2.75, 3.05) is 30.9 Å². The zero-order valence-electron chi connectivity index (χ0n) is 19.8. The number of pyridine rings is 1. The number of aromatic nitrogens is 1. The van der Waals surface area contributed by atoms with Crippen molar-refractivity contribution in [3.8, 4) is 0 Å². The summed E-state index contributed by atoms with van der Waals surface area (Å²) in [6, 6.07) is 14.8. The monoisotopic (exact) mass is 471 g/mol. The molecule has 0 amide bonds. The Bertz CT molecular complexity index is 991. The molecule has 0 radical (unpaired) electrons. The van der Waals surface area contributed by atoms with Crippen LogP contribution in [0.4, 0.5) is 5.82 Å². The van der Waals surface area contributed by atoms with Crippen molar-refractivity contribution in [3.05, 3.63) is 59.8 Å². The normalized spacial score (nSPS) is 26.3. The first-order valence-electron chi connectivity index (χ1n) is 12.3. The van der Waals surface area contributed by atoms with Gasteiger partial charge in [-0.15, -0.1) is 0 Å². The summed E-state index contributed by atoms with van der Waals surface area (Å²) in [4.78, 5) is 6.95. The highest BCUT2D eigenvalue weighted by Crippen LogP contribution is 2.34. The Morgan fingerprint density at radius 3 is 2.52 bits per heavy atom. The van der Waals surface area contributed by atoms with Crippen LogP contribution in [0.3, 0.4) is 0 Å². The third-order valence-corrected chi connectivity index (χ3v) is 7.87. The fraction of sp³-hybridized carbons (Fsp3) is 0.577. The number of hydrogen-bond acceptors (Lipinski definition) is 5. The molecule has 2 atom stereocenters. The molecular weight excluding hydrogens is 434 g/mol. The fourth-order valence-corrected chi connectivity index (χ4v) is 6.22. The Hall–Kier alpha value is -1.96. The molecule has 2 aromatic rings. The maximum Gasteiger partial charge on any atom is 0.208 e. The number of hydrogen-bond donors (Lipinski definition) is 1. The van der Waals surface area contributed by atoms with Crippen molar-refractivity contribution in [2.45, 2.75) is 63.5 Å². The van der Waals surface area contributed by atoms with Crippen LogP contribution in [0.25, 0.3) is 0 Å². The maximum absolute atomic E-state index is 12.0. The molecule has 33 heavy (non-hydrogen) atoms. The molecule has 2 unspecified atom stereocenters. The van der Waals surface area contributed by atoms with Gasteiger partial charge in [0.25, 0.3) is 0 Å². The van der Waals surface area contributed by atoms with Gasteiger partial charge in [-0.05, 0) is 61.6 Å². The molecule has 4 rings (SSSR count). The van der Waals surface area contributed by atoms with Crippen LogP contribution in [0.1, 0.15) is 56.1 Å². The van der Waals surface area contributed by atoms with E-state index in [4.69, 9.17) is 4.74 Å². The number of anilines is 1. The van der Waals surface area contributed by atoms with Gasteiger partial charge in [-0.25, -0.2) is 18.1 Å². The molecular formula is C26H37N3O3S. The van der Waals surface area contributed by atoms with Gasteiger partial charge >= 0.3 is 0 Å². The zero-order valence-corrected chi connectivity index (χ0v) is 20.6. The lowest BCUT2D eigenvalue weighted by molar-refractivity contribution is -0.00214. The van der Waals surface area contributed by atoms with Crippen LogP contribution in [0.2, 0.25) is 0 Å². The number of ether oxygens (including phenoxy) is 1. The number of rotatable bonds is 8. The zero-order chi connectivity index (χ0) is 23.3.